The third-order valence-electron chi connectivity index (χ3n) is 9.35. The Kier molecular flexibility index (Phi) is 7.09. The van der Waals surface area contributed by atoms with Gasteiger partial charge < -0.3 is 15.4 Å². The molecule has 7 rings (SSSR count). The second-order valence-electron chi connectivity index (χ2n) is 11.8. The minimum absolute atomic E-state index is 0.106. The predicted octanol–water partition coefficient (Wildman–Crippen LogP) is 7.43. The molecule has 2 aliphatic carbocycles. The molecule has 2 fully saturated rings. The fraction of sp³-hybridized carbons (Fsp3) is 0.286. The number of nitrogens with one attached hydrogen (secondary N) is 3. The summed E-state index contributed by atoms with van der Waals surface area (Å²) in [5, 5.41) is 6.78. The number of fused-ring (bicyclic) bond motifs is 7. The number of benzene rings is 4. The second-order valence-corrected chi connectivity index (χ2v) is 13.5. The highest BCUT2D eigenvalue weighted by Gasteiger charge is 2.53. The van der Waals surface area contributed by atoms with Crippen molar-refractivity contribution in [3.63, 3.8) is 0 Å². The molecule has 2 bridgehead atoms. The molecule has 3 N–H and O–H groups in total. The van der Waals surface area contributed by atoms with Crippen LogP contribution in [0, 0.1) is 17.8 Å². The molecule has 0 unspecified atom stereocenters. The van der Waals surface area contributed by atoms with Crippen LogP contribution in [-0.4, -0.2) is 20.9 Å². The molecule has 4 aromatic carbocycles. The Morgan fingerprint density at radius 3 is 2.35 bits per heavy atom. The third-order valence-corrected chi connectivity index (χ3v) is 10.7. The minimum atomic E-state index is -3.79. The van der Waals surface area contributed by atoms with E-state index < -0.39 is 10.0 Å². The molecule has 0 radical (unpaired) electrons. The Balaban J connectivity index is 1.07. The van der Waals surface area contributed by atoms with Crippen LogP contribution in [0.15, 0.2) is 102 Å². The van der Waals surface area contributed by atoms with Gasteiger partial charge in [-0.25, -0.2) is 8.42 Å². The lowest BCUT2D eigenvalue weighted by Gasteiger charge is -2.43. The molecular formula is C35H35N3O4S. The molecule has 1 aliphatic heterocycles. The summed E-state index contributed by atoms with van der Waals surface area (Å²) in [5.41, 5.74) is 5.28. The number of hydrogen-bond donors (Lipinski definition) is 3. The van der Waals surface area contributed by atoms with Crippen molar-refractivity contribution >= 4 is 33.0 Å². The van der Waals surface area contributed by atoms with Gasteiger partial charge in [0.2, 0.25) is 0 Å². The van der Waals surface area contributed by atoms with Crippen molar-refractivity contribution in [2.24, 2.45) is 17.8 Å². The summed E-state index contributed by atoms with van der Waals surface area (Å²) in [6.45, 7) is 2.43. The zero-order valence-corrected chi connectivity index (χ0v) is 24.8. The van der Waals surface area contributed by atoms with Gasteiger partial charge in [0.05, 0.1) is 17.5 Å². The van der Waals surface area contributed by atoms with Gasteiger partial charge in [-0.05, 0) is 128 Å². The Morgan fingerprint density at radius 1 is 0.884 bits per heavy atom. The Morgan fingerprint density at radius 2 is 1.60 bits per heavy atom. The average Bonchev–Trinajstić information content (AvgIpc) is 3.65. The average molecular weight is 594 g/mol. The number of sulfonamides is 1. The lowest BCUT2D eigenvalue weighted by atomic mass is 9.68. The third kappa shape index (κ3) is 5.25. The Labute approximate surface area is 252 Å². The van der Waals surface area contributed by atoms with Crippen molar-refractivity contribution in [2.45, 2.75) is 43.0 Å². The van der Waals surface area contributed by atoms with E-state index in [1.165, 1.54) is 42.5 Å². The zero-order chi connectivity index (χ0) is 29.6. The van der Waals surface area contributed by atoms with E-state index in [4.69, 9.17) is 4.74 Å². The van der Waals surface area contributed by atoms with Crippen molar-refractivity contribution in [3.05, 3.63) is 114 Å². The highest BCUT2D eigenvalue weighted by atomic mass is 32.2. The zero-order valence-electron chi connectivity index (χ0n) is 24.0. The van der Waals surface area contributed by atoms with Crippen molar-refractivity contribution in [2.75, 3.05) is 22.0 Å². The molecule has 7 nitrogen and oxygen atoms in total. The van der Waals surface area contributed by atoms with Crippen LogP contribution in [0.2, 0.25) is 0 Å². The summed E-state index contributed by atoms with van der Waals surface area (Å²) in [5.74, 6) is 2.80. The first kappa shape index (κ1) is 27.5. The number of hydrogen-bond acceptors (Lipinski definition) is 5. The molecule has 0 aromatic heterocycles. The van der Waals surface area contributed by atoms with E-state index in [-0.39, 0.29) is 16.8 Å². The molecule has 1 heterocycles. The van der Waals surface area contributed by atoms with Gasteiger partial charge in [0.15, 0.2) is 0 Å². The van der Waals surface area contributed by atoms with Crippen LogP contribution in [0.25, 0.3) is 0 Å². The van der Waals surface area contributed by atoms with Crippen LogP contribution >= 0.6 is 0 Å². The molecule has 8 heteroatoms. The normalized spacial score (nSPS) is 23.5. The maximum absolute atomic E-state index is 13.4. The first-order valence-corrected chi connectivity index (χ1v) is 16.5. The number of amides is 1. The van der Waals surface area contributed by atoms with Gasteiger partial charge in [-0.3, -0.25) is 9.52 Å². The highest BCUT2D eigenvalue weighted by Crippen LogP contribution is 2.63. The Hall–Kier alpha value is -4.30. The van der Waals surface area contributed by atoms with Gasteiger partial charge >= 0.3 is 0 Å². The summed E-state index contributed by atoms with van der Waals surface area (Å²) < 4.78 is 33.9. The van der Waals surface area contributed by atoms with Gasteiger partial charge in [-0.15, -0.1) is 0 Å². The monoisotopic (exact) mass is 593 g/mol. The quantitative estimate of drug-likeness (QED) is 0.197. The van der Waals surface area contributed by atoms with Gasteiger partial charge in [-0.1, -0.05) is 30.3 Å². The molecule has 5 atom stereocenters. The van der Waals surface area contributed by atoms with E-state index >= 15 is 0 Å². The van der Waals surface area contributed by atoms with Crippen molar-refractivity contribution in [3.8, 4) is 5.75 Å². The maximum atomic E-state index is 13.4. The van der Waals surface area contributed by atoms with Crippen molar-refractivity contribution in [1.82, 2.24) is 0 Å². The van der Waals surface area contributed by atoms with E-state index in [2.05, 4.69) is 51.8 Å². The molecule has 0 saturated heterocycles. The largest absolute Gasteiger partial charge is 0.494 e. The molecule has 220 valence electrons. The first-order valence-electron chi connectivity index (χ1n) is 15.0. The molecular weight excluding hydrogens is 558 g/mol. The van der Waals surface area contributed by atoms with Crippen molar-refractivity contribution < 1.29 is 17.9 Å². The van der Waals surface area contributed by atoms with Gasteiger partial charge in [0.1, 0.15) is 5.75 Å². The number of rotatable bonds is 8. The number of ether oxygens (including phenoxy) is 1. The van der Waals surface area contributed by atoms with Gasteiger partial charge in [-0.2, -0.15) is 0 Å². The fourth-order valence-electron chi connectivity index (χ4n) is 7.54. The van der Waals surface area contributed by atoms with Gasteiger partial charge in [0, 0.05) is 22.6 Å². The van der Waals surface area contributed by atoms with Crippen LogP contribution in [0.5, 0.6) is 5.75 Å². The molecule has 1 amide bonds. The SMILES string of the molecule is CCOc1ccc(NS(=O)(=O)c2ccc(NC(=O)c3ccc4c(c3)[C@@H]3[C@H]5CC[C@@H](C5)[C@H]3[C@@H](c3ccccc3)N4)cc2)cc1. The van der Waals surface area contributed by atoms with Crippen LogP contribution < -0.4 is 20.1 Å². The summed E-state index contributed by atoms with van der Waals surface area (Å²) in [6.07, 6.45) is 3.80. The van der Waals surface area contributed by atoms with Crippen LogP contribution in [-0.2, 0) is 10.0 Å². The highest BCUT2D eigenvalue weighted by molar-refractivity contribution is 7.92. The first-order chi connectivity index (χ1) is 20.9. The van der Waals surface area contributed by atoms with Crippen LogP contribution in [0.1, 0.15) is 59.6 Å². The molecule has 0 spiro atoms. The van der Waals surface area contributed by atoms with Crippen molar-refractivity contribution in [1.29, 1.82) is 0 Å². The number of carbonyl (C=O) groups is 1. The van der Waals surface area contributed by atoms with E-state index in [1.54, 1.807) is 36.4 Å². The summed E-state index contributed by atoms with van der Waals surface area (Å²) >= 11 is 0. The van der Waals surface area contributed by atoms with E-state index in [1.807, 2.05) is 19.1 Å². The molecule has 2 saturated carbocycles. The van der Waals surface area contributed by atoms with E-state index in [9.17, 15) is 13.2 Å². The summed E-state index contributed by atoms with van der Waals surface area (Å²) in [7, 11) is -3.79. The predicted molar refractivity (Wildman–Crippen MR) is 169 cm³/mol. The topological polar surface area (TPSA) is 96.5 Å². The van der Waals surface area contributed by atoms with E-state index in [0.717, 1.165) is 5.69 Å². The lowest BCUT2D eigenvalue weighted by molar-refractivity contribution is 0.102. The standard InChI is InChI=1S/C35H35N3O4S/c1-2-42-28-15-11-27(12-16-28)38-43(40,41)29-17-13-26(14-18-29)36-35(39)25-10-19-31-30(21-25)32-23-8-9-24(20-23)33(32)34(37-31)22-6-4-3-5-7-22/h3-7,10-19,21,23-24,32-34,37-38H,2,8-9,20H2,1H3,(H,36,39)/t23-,24-,32-,33+,34+/m0/s1. The molecule has 43 heavy (non-hydrogen) atoms. The Bertz CT molecular complexity index is 1740. The van der Waals surface area contributed by atoms with Crippen LogP contribution in [0.3, 0.4) is 0 Å². The number of carbonyl (C=O) groups excluding carboxylic acids is 1. The van der Waals surface area contributed by atoms with Gasteiger partial charge in [0.25, 0.3) is 15.9 Å². The van der Waals surface area contributed by atoms with E-state index in [0.29, 0.717) is 53.0 Å². The molecule has 4 aromatic rings. The summed E-state index contributed by atoms with van der Waals surface area (Å²) in [4.78, 5) is 13.5. The maximum Gasteiger partial charge on any atom is 0.261 e. The number of anilines is 3. The lowest BCUT2D eigenvalue weighted by Crippen LogP contribution is -2.35. The summed E-state index contributed by atoms with van der Waals surface area (Å²) in [6, 6.07) is 30.0. The second kappa shape index (κ2) is 11.1. The fourth-order valence-corrected chi connectivity index (χ4v) is 8.60. The molecule has 3 aliphatic rings. The minimum Gasteiger partial charge on any atom is -0.494 e. The smallest absolute Gasteiger partial charge is 0.261 e. The van der Waals surface area contributed by atoms with Crippen LogP contribution in [0.4, 0.5) is 17.1 Å².